The van der Waals surface area contributed by atoms with E-state index in [-0.39, 0.29) is 10.6 Å². The fourth-order valence-corrected chi connectivity index (χ4v) is 5.45. The Labute approximate surface area is 232 Å². The summed E-state index contributed by atoms with van der Waals surface area (Å²) in [5.74, 6) is 0.409. The maximum atomic E-state index is 12.9. The zero-order chi connectivity index (χ0) is 27.0. The SMILES string of the molecule is C=CCOc1ccc(C(=O)N/N=C/c2cc(Br)cc(Br)c2OS(=O)(=O)c2ccc(C)cc2)cc1OCC. The number of hydrogen-bond acceptors (Lipinski definition) is 7. The molecule has 0 aliphatic carbocycles. The second kappa shape index (κ2) is 12.9. The maximum Gasteiger partial charge on any atom is 0.339 e. The molecule has 3 aromatic carbocycles. The molecule has 0 aliphatic heterocycles. The van der Waals surface area contributed by atoms with Crippen LogP contribution in [0.2, 0.25) is 0 Å². The molecule has 1 amide bonds. The highest BCUT2D eigenvalue weighted by Crippen LogP contribution is 2.34. The Bertz CT molecular complexity index is 1420. The number of hydrazone groups is 1. The van der Waals surface area contributed by atoms with Crippen LogP contribution < -0.4 is 19.1 Å². The molecule has 0 spiro atoms. The largest absolute Gasteiger partial charge is 0.490 e. The Balaban J connectivity index is 1.82. The molecule has 3 rings (SSSR count). The van der Waals surface area contributed by atoms with Gasteiger partial charge in [0.2, 0.25) is 0 Å². The molecular weight excluding hydrogens is 628 g/mol. The summed E-state index contributed by atoms with van der Waals surface area (Å²) in [4.78, 5) is 12.7. The summed E-state index contributed by atoms with van der Waals surface area (Å²) in [5, 5.41) is 4.00. The molecule has 0 saturated heterocycles. The lowest BCUT2D eigenvalue weighted by molar-refractivity contribution is 0.0954. The first kappa shape index (κ1) is 28.4. The zero-order valence-electron chi connectivity index (χ0n) is 20.0. The van der Waals surface area contributed by atoms with Gasteiger partial charge in [-0.25, -0.2) is 5.43 Å². The summed E-state index contributed by atoms with van der Waals surface area (Å²) in [6.07, 6.45) is 2.90. The Morgan fingerprint density at radius 2 is 1.78 bits per heavy atom. The molecule has 0 saturated carbocycles. The fraction of sp³-hybridized carbons (Fsp3) is 0.154. The van der Waals surface area contributed by atoms with Crippen molar-refractivity contribution in [1.82, 2.24) is 5.43 Å². The van der Waals surface area contributed by atoms with Gasteiger partial charge in [0, 0.05) is 15.6 Å². The minimum absolute atomic E-state index is 0.00901. The Kier molecular flexibility index (Phi) is 9.90. The van der Waals surface area contributed by atoms with Crippen molar-refractivity contribution in [3.63, 3.8) is 0 Å². The van der Waals surface area contributed by atoms with E-state index in [1.54, 1.807) is 48.5 Å². The third-order valence-electron chi connectivity index (χ3n) is 4.77. The van der Waals surface area contributed by atoms with Crippen LogP contribution in [0.4, 0.5) is 0 Å². The fourth-order valence-electron chi connectivity index (χ4n) is 3.04. The van der Waals surface area contributed by atoms with Gasteiger partial charge in [0.25, 0.3) is 5.91 Å². The van der Waals surface area contributed by atoms with Gasteiger partial charge in [0.1, 0.15) is 11.5 Å². The van der Waals surface area contributed by atoms with Gasteiger partial charge in [-0.2, -0.15) is 13.5 Å². The molecule has 1 N–H and O–H groups in total. The van der Waals surface area contributed by atoms with E-state index in [0.29, 0.717) is 44.8 Å². The molecule has 194 valence electrons. The van der Waals surface area contributed by atoms with Crippen molar-refractivity contribution in [2.75, 3.05) is 13.2 Å². The molecule has 0 aliphatic rings. The number of rotatable bonds is 11. The molecule has 11 heteroatoms. The lowest BCUT2D eigenvalue weighted by Crippen LogP contribution is -2.18. The normalized spacial score (nSPS) is 11.2. The second-order valence-corrected chi connectivity index (χ2v) is 10.9. The number of aryl methyl sites for hydroxylation is 1. The van der Waals surface area contributed by atoms with Gasteiger partial charge in [-0.15, -0.1) is 0 Å². The number of nitrogens with one attached hydrogen (secondary N) is 1. The standard InChI is InChI=1S/C26H24Br2N2O6S/c1-4-12-35-23-11-8-18(14-24(23)34-5-2)26(31)30-29-16-19-13-20(27)15-22(28)25(19)36-37(32,33)21-9-6-17(3)7-10-21/h4,6-11,13-16H,1,5,12H2,2-3H3,(H,30,31)/b29-16+. The molecule has 0 bridgehead atoms. The van der Waals surface area contributed by atoms with E-state index in [9.17, 15) is 13.2 Å². The summed E-state index contributed by atoms with van der Waals surface area (Å²) in [7, 11) is -4.12. The topological polar surface area (TPSA) is 103 Å². The number of carbonyl (C=O) groups excluding carboxylic acids is 1. The van der Waals surface area contributed by atoms with Crippen LogP contribution in [0, 0.1) is 6.92 Å². The highest BCUT2D eigenvalue weighted by molar-refractivity contribution is 9.11. The molecule has 3 aromatic rings. The number of carbonyl (C=O) groups is 1. The van der Waals surface area contributed by atoms with Crippen LogP contribution >= 0.6 is 31.9 Å². The van der Waals surface area contributed by atoms with E-state index in [0.717, 1.165) is 5.56 Å². The minimum atomic E-state index is -4.12. The first-order chi connectivity index (χ1) is 17.6. The minimum Gasteiger partial charge on any atom is -0.490 e. The van der Waals surface area contributed by atoms with Crippen molar-refractivity contribution < 1.29 is 26.9 Å². The first-order valence-corrected chi connectivity index (χ1v) is 14.0. The summed E-state index contributed by atoms with van der Waals surface area (Å²) in [6, 6.07) is 14.3. The van der Waals surface area contributed by atoms with Gasteiger partial charge in [-0.3, -0.25) is 4.79 Å². The lowest BCUT2D eigenvalue weighted by atomic mass is 10.2. The van der Waals surface area contributed by atoms with Crippen LogP contribution in [0.1, 0.15) is 28.4 Å². The number of halogens is 2. The third kappa shape index (κ3) is 7.67. The van der Waals surface area contributed by atoms with Crippen LogP contribution in [-0.2, 0) is 10.1 Å². The van der Waals surface area contributed by atoms with Crippen LogP contribution in [0.3, 0.4) is 0 Å². The van der Waals surface area contributed by atoms with Crippen LogP contribution in [0.15, 0.2) is 86.2 Å². The molecule has 0 unspecified atom stereocenters. The summed E-state index contributed by atoms with van der Waals surface area (Å²) in [5.41, 5.74) is 3.94. The van der Waals surface area contributed by atoms with Gasteiger partial charge in [-0.1, -0.05) is 46.3 Å². The number of benzene rings is 3. The van der Waals surface area contributed by atoms with E-state index in [1.807, 2.05) is 13.8 Å². The third-order valence-corrected chi connectivity index (χ3v) is 7.05. The van der Waals surface area contributed by atoms with E-state index in [4.69, 9.17) is 13.7 Å². The monoisotopic (exact) mass is 650 g/mol. The van der Waals surface area contributed by atoms with Crippen molar-refractivity contribution in [2.24, 2.45) is 5.10 Å². The van der Waals surface area contributed by atoms with Crippen molar-refractivity contribution in [3.05, 3.63) is 92.9 Å². The van der Waals surface area contributed by atoms with E-state index in [2.05, 4.69) is 49.0 Å². The molecule has 0 fully saturated rings. The van der Waals surface area contributed by atoms with Crippen LogP contribution in [-0.4, -0.2) is 33.8 Å². The van der Waals surface area contributed by atoms with Crippen molar-refractivity contribution in [1.29, 1.82) is 0 Å². The molecule has 0 heterocycles. The predicted octanol–water partition coefficient (Wildman–Crippen LogP) is 6.02. The summed E-state index contributed by atoms with van der Waals surface area (Å²) in [6.45, 7) is 7.98. The average Bonchev–Trinajstić information content (AvgIpc) is 2.85. The quantitative estimate of drug-likeness (QED) is 0.118. The summed E-state index contributed by atoms with van der Waals surface area (Å²) < 4.78 is 43.3. The lowest BCUT2D eigenvalue weighted by Gasteiger charge is -2.12. The molecule has 0 radical (unpaired) electrons. The second-order valence-electron chi connectivity index (χ2n) is 7.55. The van der Waals surface area contributed by atoms with Crippen LogP contribution in [0.25, 0.3) is 0 Å². The van der Waals surface area contributed by atoms with Gasteiger partial charge >= 0.3 is 10.1 Å². The Morgan fingerprint density at radius 1 is 1.05 bits per heavy atom. The average molecular weight is 652 g/mol. The highest BCUT2D eigenvalue weighted by Gasteiger charge is 2.21. The van der Waals surface area contributed by atoms with Crippen molar-refractivity contribution in [3.8, 4) is 17.2 Å². The number of hydrogen-bond donors (Lipinski definition) is 1. The molecule has 0 atom stereocenters. The highest BCUT2D eigenvalue weighted by atomic mass is 79.9. The Hall–Kier alpha value is -3.15. The molecule has 0 aromatic heterocycles. The van der Waals surface area contributed by atoms with Gasteiger partial charge in [-0.05, 0) is 72.2 Å². The Morgan fingerprint density at radius 3 is 2.46 bits per heavy atom. The first-order valence-electron chi connectivity index (χ1n) is 11.0. The predicted molar refractivity (Wildman–Crippen MR) is 149 cm³/mol. The van der Waals surface area contributed by atoms with Gasteiger partial charge in [0.15, 0.2) is 17.2 Å². The number of ether oxygens (including phenoxy) is 2. The molecule has 37 heavy (non-hydrogen) atoms. The summed E-state index contributed by atoms with van der Waals surface area (Å²) >= 11 is 6.71. The van der Waals surface area contributed by atoms with Gasteiger partial charge in [0.05, 0.1) is 17.3 Å². The number of nitrogens with zero attached hydrogens (tertiary/aromatic N) is 1. The van der Waals surface area contributed by atoms with Crippen molar-refractivity contribution >= 4 is 54.1 Å². The van der Waals surface area contributed by atoms with Gasteiger partial charge < -0.3 is 13.7 Å². The van der Waals surface area contributed by atoms with Crippen LogP contribution in [0.5, 0.6) is 17.2 Å². The van der Waals surface area contributed by atoms with E-state index >= 15 is 0 Å². The number of amides is 1. The smallest absolute Gasteiger partial charge is 0.339 e. The van der Waals surface area contributed by atoms with E-state index in [1.165, 1.54) is 18.3 Å². The maximum absolute atomic E-state index is 12.9. The molecule has 8 nitrogen and oxygen atoms in total. The van der Waals surface area contributed by atoms with E-state index < -0.39 is 16.0 Å². The molecular formula is C26H24Br2N2O6S. The van der Waals surface area contributed by atoms with Crippen molar-refractivity contribution in [2.45, 2.75) is 18.7 Å². The zero-order valence-corrected chi connectivity index (χ0v) is 24.0.